The average Bonchev–Trinajstić information content (AvgIpc) is 3.35. The predicted octanol–water partition coefficient (Wildman–Crippen LogP) is 5.68. The maximum absolute atomic E-state index is 4.75. The minimum Gasteiger partial charge on any atom is -0.282 e. The van der Waals surface area contributed by atoms with Crippen LogP contribution in [0.3, 0.4) is 0 Å². The molecule has 1 heterocycles. The maximum Gasteiger partial charge on any atom is 0.0674 e. The first-order valence-electron chi connectivity index (χ1n) is 11.2. The van der Waals surface area contributed by atoms with E-state index in [4.69, 9.17) is 5.10 Å². The molecule has 0 atom stereocenters. The first-order chi connectivity index (χ1) is 16.4. The van der Waals surface area contributed by atoms with Gasteiger partial charge < -0.3 is 0 Å². The third-order valence-corrected chi connectivity index (χ3v) is 10.6. The molecule has 0 fully saturated rings. The second-order valence-electron chi connectivity index (χ2n) is 7.90. The summed E-state index contributed by atoms with van der Waals surface area (Å²) in [5.41, 5.74) is 2.35. The van der Waals surface area contributed by atoms with E-state index >= 15 is 0 Å². The highest BCUT2D eigenvalue weighted by Crippen LogP contribution is 2.40. The molecule has 5 aromatic rings. The van der Waals surface area contributed by atoms with Crippen LogP contribution in [0.15, 0.2) is 127 Å². The van der Waals surface area contributed by atoms with Gasteiger partial charge in [0.25, 0.3) is 0 Å². The van der Waals surface area contributed by atoms with Crippen molar-refractivity contribution in [3.63, 3.8) is 0 Å². The summed E-state index contributed by atoms with van der Waals surface area (Å²) in [5.74, 6) is 0. The largest absolute Gasteiger partial charge is 0.282 e. The molecular formula is C29H26N2P2. The lowest BCUT2D eigenvalue weighted by Crippen LogP contribution is -2.13. The van der Waals surface area contributed by atoms with E-state index in [1.807, 2.05) is 0 Å². The molecule has 0 spiro atoms. The van der Waals surface area contributed by atoms with Gasteiger partial charge in [0, 0.05) is 18.0 Å². The maximum atomic E-state index is 4.75. The molecule has 33 heavy (non-hydrogen) atoms. The van der Waals surface area contributed by atoms with Gasteiger partial charge in [-0.05, 0) is 43.1 Å². The van der Waals surface area contributed by atoms with Gasteiger partial charge in [-0.15, -0.1) is 0 Å². The number of nitrogens with zero attached hydrogens (tertiary/aromatic N) is 1. The molecule has 0 aliphatic rings. The third-order valence-electron chi connectivity index (χ3n) is 5.60. The summed E-state index contributed by atoms with van der Waals surface area (Å²) in [6.45, 7) is 0. The summed E-state index contributed by atoms with van der Waals surface area (Å²) in [4.78, 5) is 0. The molecule has 0 saturated carbocycles. The number of hydrogen-bond acceptors (Lipinski definition) is 1. The summed E-state index contributed by atoms with van der Waals surface area (Å²) in [5, 5.41) is 13.7. The van der Waals surface area contributed by atoms with Crippen LogP contribution in [-0.4, -0.2) is 10.2 Å². The van der Waals surface area contributed by atoms with Crippen molar-refractivity contribution in [2.45, 2.75) is 12.3 Å². The van der Waals surface area contributed by atoms with Crippen LogP contribution in [0.25, 0.3) is 0 Å². The van der Waals surface area contributed by atoms with Crippen molar-refractivity contribution in [3.05, 3.63) is 139 Å². The van der Waals surface area contributed by atoms with Crippen LogP contribution in [0.1, 0.15) is 11.4 Å². The summed E-state index contributed by atoms with van der Waals surface area (Å²) >= 11 is 0. The molecule has 0 radical (unpaired) electrons. The number of nitrogens with one attached hydrogen (secondary N) is 1. The van der Waals surface area contributed by atoms with Crippen molar-refractivity contribution in [1.29, 1.82) is 0 Å². The van der Waals surface area contributed by atoms with Crippen molar-refractivity contribution >= 4 is 37.1 Å². The molecule has 162 valence electrons. The molecule has 5 rings (SSSR count). The Hall–Kier alpha value is -3.05. The highest BCUT2D eigenvalue weighted by Gasteiger charge is 2.18. The van der Waals surface area contributed by atoms with Gasteiger partial charge in [-0.1, -0.05) is 121 Å². The van der Waals surface area contributed by atoms with Crippen molar-refractivity contribution in [3.8, 4) is 0 Å². The SMILES string of the molecule is c1ccc(P(Cc2cc(CP(c3ccccc3)c3ccccc3)[nH]n2)c2ccccc2)cc1. The fourth-order valence-corrected chi connectivity index (χ4v) is 8.44. The summed E-state index contributed by atoms with van der Waals surface area (Å²) in [6.07, 6.45) is 1.90. The minimum atomic E-state index is -0.499. The zero-order valence-corrected chi connectivity index (χ0v) is 20.2. The van der Waals surface area contributed by atoms with Crippen molar-refractivity contribution < 1.29 is 0 Å². The van der Waals surface area contributed by atoms with Crippen LogP contribution in [0.5, 0.6) is 0 Å². The highest BCUT2D eigenvalue weighted by molar-refractivity contribution is 7.72. The zero-order chi connectivity index (χ0) is 22.3. The number of aromatic amines is 1. The molecule has 0 aliphatic carbocycles. The minimum absolute atomic E-state index is 0.488. The third kappa shape index (κ3) is 5.48. The molecule has 0 amide bonds. The second-order valence-corrected chi connectivity index (χ2v) is 12.3. The van der Waals surface area contributed by atoms with E-state index < -0.39 is 15.8 Å². The van der Waals surface area contributed by atoms with E-state index in [1.165, 1.54) is 26.9 Å². The monoisotopic (exact) mass is 464 g/mol. The van der Waals surface area contributed by atoms with Gasteiger partial charge in [0.2, 0.25) is 0 Å². The van der Waals surface area contributed by atoms with Gasteiger partial charge in [0.15, 0.2) is 0 Å². The molecule has 0 saturated heterocycles. The van der Waals surface area contributed by atoms with Crippen LogP contribution in [-0.2, 0) is 12.3 Å². The van der Waals surface area contributed by atoms with E-state index in [0.717, 1.165) is 18.0 Å². The van der Waals surface area contributed by atoms with Crippen molar-refractivity contribution in [2.24, 2.45) is 0 Å². The quantitative estimate of drug-likeness (QED) is 0.294. The van der Waals surface area contributed by atoms with Crippen molar-refractivity contribution in [1.82, 2.24) is 10.2 Å². The number of aromatic nitrogens is 2. The van der Waals surface area contributed by atoms with E-state index in [1.54, 1.807) is 0 Å². The van der Waals surface area contributed by atoms with E-state index in [2.05, 4.69) is 132 Å². The number of benzene rings is 4. The smallest absolute Gasteiger partial charge is 0.0674 e. The van der Waals surface area contributed by atoms with Gasteiger partial charge in [0.1, 0.15) is 0 Å². The summed E-state index contributed by atoms with van der Waals surface area (Å²) in [7, 11) is -0.987. The van der Waals surface area contributed by atoms with Crippen LogP contribution in [0.2, 0.25) is 0 Å². The molecular weight excluding hydrogens is 438 g/mol. The normalized spacial score (nSPS) is 11.2. The molecule has 0 bridgehead atoms. The van der Waals surface area contributed by atoms with Gasteiger partial charge in [0.05, 0.1) is 5.69 Å². The lowest BCUT2D eigenvalue weighted by molar-refractivity contribution is 1.00. The van der Waals surface area contributed by atoms with Crippen LogP contribution in [0, 0.1) is 0 Å². The molecule has 0 unspecified atom stereocenters. The van der Waals surface area contributed by atoms with Crippen LogP contribution in [0.4, 0.5) is 0 Å². The Morgan fingerprint density at radius 1 is 0.485 bits per heavy atom. The average molecular weight is 464 g/mol. The molecule has 4 heteroatoms. The first kappa shape index (κ1) is 21.8. The van der Waals surface area contributed by atoms with Crippen LogP contribution >= 0.6 is 15.8 Å². The molecule has 1 aromatic heterocycles. The summed E-state index contributed by atoms with van der Waals surface area (Å²) < 4.78 is 0. The second kappa shape index (κ2) is 10.7. The van der Waals surface area contributed by atoms with Gasteiger partial charge >= 0.3 is 0 Å². The standard InChI is InChI=1S/C29H26N2P2/c1-5-13-26(14-6-1)32(27-15-7-2-8-16-27)22-24-21-25(31-30-24)23-33(28-17-9-3-10-18-28)29-19-11-4-12-20-29/h1-21H,22-23H2,(H,30,31). The van der Waals surface area contributed by atoms with Gasteiger partial charge in [-0.25, -0.2) is 0 Å². The summed E-state index contributed by atoms with van der Waals surface area (Å²) in [6, 6.07) is 45.7. The lowest BCUT2D eigenvalue weighted by Gasteiger charge is -2.18. The fourth-order valence-electron chi connectivity index (χ4n) is 4.00. The van der Waals surface area contributed by atoms with E-state index in [-0.39, 0.29) is 0 Å². The van der Waals surface area contributed by atoms with E-state index in [9.17, 15) is 0 Å². The zero-order valence-electron chi connectivity index (χ0n) is 18.4. The Morgan fingerprint density at radius 2 is 0.848 bits per heavy atom. The Labute approximate surface area is 198 Å². The number of rotatable bonds is 8. The number of hydrogen-bond donors (Lipinski definition) is 1. The molecule has 2 nitrogen and oxygen atoms in total. The Kier molecular flexibility index (Phi) is 7.07. The topological polar surface area (TPSA) is 28.7 Å². The van der Waals surface area contributed by atoms with Gasteiger partial charge in [-0.3, -0.25) is 5.10 Å². The Morgan fingerprint density at radius 3 is 1.24 bits per heavy atom. The van der Waals surface area contributed by atoms with Crippen molar-refractivity contribution in [2.75, 3.05) is 0 Å². The van der Waals surface area contributed by atoms with Crippen LogP contribution < -0.4 is 21.2 Å². The number of H-pyrrole nitrogens is 1. The van der Waals surface area contributed by atoms with E-state index in [0.29, 0.717) is 0 Å². The Balaban J connectivity index is 1.41. The predicted molar refractivity (Wildman–Crippen MR) is 144 cm³/mol. The Bertz CT molecular complexity index is 1080. The molecule has 4 aromatic carbocycles. The molecule has 0 aliphatic heterocycles. The molecule has 1 N–H and O–H groups in total. The fraction of sp³-hybridized carbons (Fsp3) is 0.0690. The first-order valence-corrected chi connectivity index (χ1v) is 14.2. The van der Waals surface area contributed by atoms with Gasteiger partial charge in [-0.2, -0.15) is 5.10 Å². The highest BCUT2D eigenvalue weighted by atomic mass is 31.1. The lowest BCUT2D eigenvalue weighted by atomic mass is 10.4.